The number of halogens is 3. The third-order valence-electron chi connectivity index (χ3n) is 1.59. The first-order valence-electron chi connectivity index (χ1n) is 3.45. The van der Waals surface area contributed by atoms with E-state index in [1.54, 1.807) is 0 Å². The SMILES string of the molecule is Cc1ccnc(C(F)(F)F)c1C=O. The lowest BCUT2D eigenvalue weighted by molar-refractivity contribution is -0.141. The van der Waals surface area contributed by atoms with Crippen LogP contribution in [0.5, 0.6) is 0 Å². The average molecular weight is 189 g/mol. The highest BCUT2D eigenvalue weighted by Crippen LogP contribution is 2.30. The van der Waals surface area contributed by atoms with Crippen LogP contribution in [0.15, 0.2) is 12.3 Å². The van der Waals surface area contributed by atoms with Crippen molar-refractivity contribution >= 4 is 6.29 Å². The van der Waals surface area contributed by atoms with Gasteiger partial charge in [-0.25, -0.2) is 0 Å². The van der Waals surface area contributed by atoms with Crippen molar-refractivity contribution in [3.05, 3.63) is 29.1 Å². The summed E-state index contributed by atoms with van der Waals surface area (Å²) in [5.74, 6) is 0. The Kier molecular flexibility index (Phi) is 2.36. The summed E-state index contributed by atoms with van der Waals surface area (Å²) in [6.45, 7) is 1.43. The number of carbonyl (C=O) groups excluding carboxylic acids is 1. The van der Waals surface area contributed by atoms with E-state index in [2.05, 4.69) is 4.98 Å². The van der Waals surface area contributed by atoms with Gasteiger partial charge >= 0.3 is 6.18 Å². The standard InChI is InChI=1S/C8H6F3NO/c1-5-2-3-12-7(6(5)4-13)8(9,10)11/h2-4H,1H3. The average Bonchev–Trinajstić information content (AvgIpc) is 2.02. The van der Waals surface area contributed by atoms with E-state index >= 15 is 0 Å². The van der Waals surface area contributed by atoms with Gasteiger partial charge in [0.15, 0.2) is 12.0 Å². The van der Waals surface area contributed by atoms with Crippen molar-refractivity contribution in [1.29, 1.82) is 0 Å². The number of hydrogen-bond acceptors (Lipinski definition) is 2. The predicted molar refractivity (Wildman–Crippen MR) is 39.4 cm³/mol. The molecule has 0 saturated carbocycles. The van der Waals surface area contributed by atoms with Crippen LogP contribution in [0.3, 0.4) is 0 Å². The van der Waals surface area contributed by atoms with Crippen molar-refractivity contribution in [1.82, 2.24) is 4.98 Å². The van der Waals surface area contributed by atoms with Crippen molar-refractivity contribution in [3.63, 3.8) is 0 Å². The van der Waals surface area contributed by atoms with Crippen LogP contribution in [0.2, 0.25) is 0 Å². The summed E-state index contributed by atoms with van der Waals surface area (Å²) in [4.78, 5) is 13.5. The zero-order chi connectivity index (χ0) is 10.1. The second-order valence-electron chi connectivity index (χ2n) is 2.51. The molecule has 0 fully saturated rings. The molecule has 0 aliphatic heterocycles. The van der Waals surface area contributed by atoms with Crippen LogP contribution in [0.25, 0.3) is 0 Å². The Morgan fingerprint density at radius 3 is 2.46 bits per heavy atom. The third kappa shape index (κ3) is 1.85. The highest BCUT2D eigenvalue weighted by atomic mass is 19.4. The topological polar surface area (TPSA) is 30.0 Å². The summed E-state index contributed by atoms with van der Waals surface area (Å²) < 4.78 is 36.6. The monoisotopic (exact) mass is 189 g/mol. The zero-order valence-electron chi connectivity index (χ0n) is 6.72. The molecule has 1 heterocycles. The quantitative estimate of drug-likeness (QED) is 0.634. The van der Waals surface area contributed by atoms with Gasteiger partial charge in [0.05, 0.1) is 0 Å². The van der Waals surface area contributed by atoms with Crippen LogP contribution in [-0.2, 0) is 6.18 Å². The Bertz CT molecular complexity index is 333. The fraction of sp³-hybridized carbons (Fsp3) is 0.250. The smallest absolute Gasteiger partial charge is 0.298 e. The first-order chi connectivity index (χ1) is 5.96. The molecule has 1 aromatic heterocycles. The van der Waals surface area contributed by atoms with E-state index < -0.39 is 17.4 Å². The van der Waals surface area contributed by atoms with E-state index in [9.17, 15) is 18.0 Å². The highest BCUT2D eigenvalue weighted by Gasteiger charge is 2.35. The Hall–Kier alpha value is -1.39. The molecule has 0 bridgehead atoms. The van der Waals surface area contributed by atoms with Crippen LogP contribution in [0.1, 0.15) is 21.6 Å². The lowest BCUT2D eigenvalue weighted by Crippen LogP contribution is -2.12. The summed E-state index contributed by atoms with van der Waals surface area (Å²) in [7, 11) is 0. The summed E-state index contributed by atoms with van der Waals surface area (Å²) in [5, 5.41) is 0. The fourth-order valence-electron chi connectivity index (χ4n) is 0.944. The van der Waals surface area contributed by atoms with Gasteiger partial charge in [0.1, 0.15) is 0 Å². The van der Waals surface area contributed by atoms with Crippen LogP contribution < -0.4 is 0 Å². The zero-order valence-corrected chi connectivity index (χ0v) is 6.72. The maximum atomic E-state index is 12.2. The first kappa shape index (κ1) is 9.70. The van der Waals surface area contributed by atoms with Crippen molar-refractivity contribution in [2.24, 2.45) is 0 Å². The van der Waals surface area contributed by atoms with Crippen LogP contribution in [-0.4, -0.2) is 11.3 Å². The summed E-state index contributed by atoms with van der Waals surface area (Å²) in [5.41, 5.74) is -1.24. The molecular formula is C8H6F3NO. The Morgan fingerprint density at radius 1 is 1.46 bits per heavy atom. The molecule has 0 saturated heterocycles. The molecule has 0 aromatic carbocycles. The number of rotatable bonds is 1. The number of pyridine rings is 1. The van der Waals surface area contributed by atoms with Crippen LogP contribution in [0.4, 0.5) is 13.2 Å². The van der Waals surface area contributed by atoms with Crippen LogP contribution >= 0.6 is 0 Å². The number of aryl methyl sites for hydroxylation is 1. The van der Waals surface area contributed by atoms with Gasteiger partial charge < -0.3 is 0 Å². The molecule has 0 radical (unpaired) electrons. The van der Waals surface area contributed by atoms with Gasteiger partial charge in [-0.2, -0.15) is 13.2 Å². The fourth-order valence-corrected chi connectivity index (χ4v) is 0.944. The van der Waals surface area contributed by atoms with Crippen molar-refractivity contribution in [3.8, 4) is 0 Å². The van der Waals surface area contributed by atoms with E-state index in [1.807, 2.05) is 0 Å². The predicted octanol–water partition coefficient (Wildman–Crippen LogP) is 2.22. The highest BCUT2D eigenvalue weighted by molar-refractivity contribution is 5.78. The Labute approximate surface area is 72.4 Å². The normalized spacial score (nSPS) is 11.4. The van der Waals surface area contributed by atoms with E-state index in [4.69, 9.17) is 0 Å². The first-order valence-corrected chi connectivity index (χ1v) is 3.45. The summed E-state index contributed by atoms with van der Waals surface area (Å²) in [6, 6.07) is 1.36. The maximum Gasteiger partial charge on any atom is 0.434 e. The lowest BCUT2D eigenvalue weighted by atomic mass is 10.1. The number of aldehydes is 1. The largest absolute Gasteiger partial charge is 0.434 e. The number of hydrogen-bond donors (Lipinski definition) is 0. The van der Waals surface area contributed by atoms with Gasteiger partial charge in [0.25, 0.3) is 0 Å². The molecular weight excluding hydrogens is 183 g/mol. The summed E-state index contributed by atoms with van der Waals surface area (Å²) >= 11 is 0. The van der Waals surface area contributed by atoms with Crippen molar-refractivity contribution < 1.29 is 18.0 Å². The number of aromatic nitrogens is 1. The molecule has 13 heavy (non-hydrogen) atoms. The molecule has 0 amide bonds. The molecule has 70 valence electrons. The van der Waals surface area contributed by atoms with E-state index in [-0.39, 0.29) is 11.8 Å². The molecule has 1 rings (SSSR count). The minimum absolute atomic E-state index is 0.172. The number of nitrogens with zero attached hydrogens (tertiary/aromatic N) is 1. The molecule has 0 aliphatic rings. The Balaban J connectivity index is 3.37. The molecule has 0 spiro atoms. The molecule has 1 aromatic rings. The minimum atomic E-state index is -4.57. The van der Waals surface area contributed by atoms with Gasteiger partial charge in [-0.15, -0.1) is 0 Å². The second-order valence-corrected chi connectivity index (χ2v) is 2.51. The van der Waals surface area contributed by atoms with Gasteiger partial charge in [-0.3, -0.25) is 9.78 Å². The molecule has 0 N–H and O–H groups in total. The van der Waals surface area contributed by atoms with Gasteiger partial charge in [0.2, 0.25) is 0 Å². The van der Waals surface area contributed by atoms with Gasteiger partial charge in [-0.1, -0.05) is 0 Å². The maximum absolute atomic E-state index is 12.2. The molecule has 2 nitrogen and oxygen atoms in total. The molecule has 0 unspecified atom stereocenters. The van der Waals surface area contributed by atoms with E-state index in [0.29, 0.717) is 0 Å². The summed E-state index contributed by atoms with van der Waals surface area (Å²) in [6.07, 6.45) is -3.36. The van der Waals surface area contributed by atoms with E-state index in [0.717, 1.165) is 6.20 Å². The van der Waals surface area contributed by atoms with Gasteiger partial charge in [-0.05, 0) is 18.6 Å². The number of alkyl halides is 3. The molecule has 0 aliphatic carbocycles. The van der Waals surface area contributed by atoms with E-state index in [1.165, 1.54) is 13.0 Å². The molecule has 0 atom stereocenters. The third-order valence-corrected chi connectivity index (χ3v) is 1.59. The molecule has 5 heteroatoms. The lowest BCUT2D eigenvalue weighted by Gasteiger charge is -2.08. The van der Waals surface area contributed by atoms with Crippen molar-refractivity contribution in [2.75, 3.05) is 0 Å². The van der Waals surface area contributed by atoms with Crippen molar-refractivity contribution in [2.45, 2.75) is 13.1 Å². The minimum Gasteiger partial charge on any atom is -0.298 e. The number of carbonyl (C=O) groups is 1. The van der Waals surface area contributed by atoms with Gasteiger partial charge in [0, 0.05) is 11.8 Å². The van der Waals surface area contributed by atoms with Crippen LogP contribution in [0, 0.1) is 6.92 Å². The second kappa shape index (κ2) is 3.16. The Morgan fingerprint density at radius 2 is 2.08 bits per heavy atom.